The average molecular weight is 274 g/mol. The highest BCUT2D eigenvalue weighted by Gasteiger charge is 2.37. The van der Waals surface area contributed by atoms with Crippen molar-refractivity contribution in [3.8, 4) is 0 Å². The average Bonchev–Trinajstić information content (AvgIpc) is 2.75. The van der Waals surface area contributed by atoms with Crippen LogP contribution in [0, 0.1) is 5.92 Å². The van der Waals surface area contributed by atoms with E-state index >= 15 is 0 Å². The summed E-state index contributed by atoms with van der Waals surface area (Å²) in [5, 5.41) is 11.7. The van der Waals surface area contributed by atoms with Crippen LogP contribution in [0.5, 0.6) is 0 Å². The van der Waals surface area contributed by atoms with Gasteiger partial charge in [-0.15, -0.1) is 0 Å². The maximum Gasteiger partial charge on any atom is 0.317 e. The molecule has 0 saturated carbocycles. The second kappa shape index (κ2) is 7.96. The summed E-state index contributed by atoms with van der Waals surface area (Å²) in [5.74, 6) is -1.31. The third kappa shape index (κ3) is 4.68. The number of urea groups is 1. The lowest BCUT2D eigenvalue weighted by Gasteiger charge is -2.23. The minimum atomic E-state index is -0.842. The van der Waals surface area contributed by atoms with Gasteiger partial charge in [-0.05, 0) is 13.3 Å². The molecular formula is C12H22N2O5. The number of carbonyl (C=O) groups excluding carboxylic acids is 1. The fraction of sp³-hybridized carbons (Fsp3) is 0.833. The third-order valence-electron chi connectivity index (χ3n) is 3.29. The fourth-order valence-electron chi connectivity index (χ4n) is 2.13. The summed E-state index contributed by atoms with van der Waals surface area (Å²) in [7, 11) is 1.60. The molecule has 0 spiro atoms. The first-order chi connectivity index (χ1) is 9.07. The second-order valence-electron chi connectivity index (χ2n) is 4.50. The fourth-order valence-corrected chi connectivity index (χ4v) is 2.13. The minimum Gasteiger partial charge on any atom is -0.481 e. The molecule has 1 rings (SSSR count). The molecule has 7 heteroatoms. The number of hydrogen-bond acceptors (Lipinski definition) is 4. The number of hydrogen-bond donors (Lipinski definition) is 2. The van der Waals surface area contributed by atoms with E-state index in [4.69, 9.17) is 14.6 Å². The number of likely N-dealkylation sites (tertiary alicyclic amines) is 1. The van der Waals surface area contributed by atoms with E-state index in [-0.39, 0.29) is 12.1 Å². The van der Waals surface area contributed by atoms with Crippen molar-refractivity contribution in [2.24, 2.45) is 5.92 Å². The molecule has 1 aliphatic heterocycles. The van der Waals surface area contributed by atoms with E-state index in [1.807, 2.05) is 0 Å². The smallest absolute Gasteiger partial charge is 0.317 e. The zero-order valence-corrected chi connectivity index (χ0v) is 11.4. The molecule has 1 aliphatic rings. The van der Waals surface area contributed by atoms with Crippen molar-refractivity contribution < 1.29 is 24.2 Å². The Morgan fingerprint density at radius 2 is 2.11 bits per heavy atom. The maximum atomic E-state index is 11.9. The highest BCUT2D eigenvalue weighted by Crippen LogP contribution is 2.23. The molecule has 2 atom stereocenters. The molecule has 1 heterocycles. The first-order valence-electron chi connectivity index (χ1n) is 6.42. The molecule has 1 fully saturated rings. The standard InChI is InChI=1S/C12H22N2O5/c1-9-10(11(15)16)3-5-14(9)12(17)13-4-6-19-8-7-18-2/h9-10H,3-8H2,1-2H3,(H,13,17)(H,15,16). The normalized spacial score (nSPS) is 22.5. The zero-order valence-electron chi connectivity index (χ0n) is 11.4. The number of amides is 2. The Balaban J connectivity index is 2.21. The molecule has 19 heavy (non-hydrogen) atoms. The summed E-state index contributed by atoms with van der Waals surface area (Å²) < 4.78 is 10.0. The summed E-state index contributed by atoms with van der Waals surface area (Å²) in [4.78, 5) is 24.4. The van der Waals surface area contributed by atoms with Gasteiger partial charge in [-0.1, -0.05) is 0 Å². The van der Waals surface area contributed by atoms with Crippen LogP contribution in [-0.4, -0.2) is 68.1 Å². The Morgan fingerprint density at radius 1 is 1.37 bits per heavy atom. The van der Waals surface area contributed by atoms with Gasteiger partial charge in [0.15, 0.2) is 0 Å². The van der Waals surface area contributed by atoms with E-state index < -0.39 is 11.9 Å². The van der Waals surface area contributed by atoms with Gasteiger partial charge in [0, 0.05) is 26.2 Å². The Hall–Kier alpha value is -1.34. The van der Waals surface area contributed by atoms with Crippen molar-refractivity contribution in [2.45, 2.75) is 19.4 Å². The van der Waals surface area contributed by atoms with Gasteiger partial charge < -0.3 is 24.8 Å². The number of carboxylic acid groups (broad SMARTS) is 1. The van der Waals surface area contributed by atoms with Crippen LogP contribution in [0.4, 0.5) is 4.79 Å². The van der Waals surface area contributed by atoms with Crippen molar-refractivity contribution in [2.75, 3.05) is 40.0 Å². The van der Waals surface area contributed by atoms with E-state index in [2.05, 4.69) is 5.32 Å². The minimum absolute atomic E-state index is 0.230. The molecule has 0 bridgehead atoms. The summed E-state index contributed by atoms with van der Waals surface area (Å²) in [6.07, 6.45) is 0.508. The van der Waals surface area contributed by atoms with Gasteiger partial charge in [0.1, 0.15) is 0 Å². The van der Waals surface area contributed by atoms with Crippen molar-refractivity contribution in [3.63, 3.8) is 0 Å². The Bertz CT molecular complexity index is 310. The van der Waals surface area contributed by atoms with Crippen LogP contribution in [0.3, 0.4) is 0 Å². The molecule has 0 radical (unpaired) electrons. The van der Waals surface area contributed by atoms with E-state index in [1.54, 1.807) is 18.9 Å². The van der Waals surface area contributed by atoms with Crippen LogP contribution in [0.1, 0.15) is 13.3 Å². The molecule has 0 aromatic heterocycles. The molecule has 2 amide bonds. The Labute approximate surface area is 112 Å². The van der Waals surface area contributed by atoms with E-state index in [0.717, 1.165) is 0 Å². The van der Waals surface area contributed by atoms with Crippen molar-refractivity contribution in [1.82, 2.24) is 10.2 Å². The highest BCUT2D eigenvalue weighted by molar-refractivity contribution is 5.78. The van der Waals surface area contributed by atoms with Gasteiger partial charge in [0.05, 0.1) is 25.7 Å². The van der Waals surface area contributed by atoms with Crippen LogP contribution < -0.4 is 5.32 Å². The second-order valence-corrected chi connectivity index (χ2v) is 4.50. The monoisotopic (exact) mass is 274 g/mol. The Morgan fingerprint density at radius 3 is 2.68 bits per heavy atom. The summed E-state index contributed by atoms with van der Waals surface area (Å²) in [6, 6.07) is -0.501. The third-order valence-corrected chi connectivity index (χ3v) is 3.29. The van der Waals surface area contributed by atoms with Crippen LogP contribution in [0.15, 0.2) is 0 Å². The van der Waals surface area contributed by atoms with Gasteiger partial charge in [-0.2, -0.15) is 0 Å². The molecule has 0 aromatic rings. The number of rotatable bonds is 7. The molecule has 7 nitrogen and oxygen atoms in total. The lowest BCUT2D eigenvalue weighted by molar-refractivity contribution is -0.142. The molecule has 0 aliphatic carbocycles. The summed E-state index contributed by atoms with van der Waals surface area (Å²) in [5.41, 5.74) is 0. The van der Waals surface area contributed by atoms with Gasteiger partial charge in [-0.25, -0.2) is 4.79 Å². The van der Waals surface area contributed by atoms with Crippen LogP contribution >= 0.6 is 0 Å². The van der Waals surface area contributed by atoms with E-state index in [0.29, 0.717) is 39.3 Å². The summed E-state index contributed by atoms with van der Waals surface area (Å²) in [6.45, 7) is 4.09. The van der Waals surface area contributed by atoms with Crippen LogP contribution in [0.25, 0.3) is 0 Å². The molecule has 2 N–H and O–H groups in total. The van der Waals surface area contributed by atoms with Gasteiger partial charge in [0.25, 0.3) is 0 Å². The van der Waals surface area contributed by atoms with Gasteiger partial charge >= 0.3 is 12.0 Å². The van der Waals surface area contributed by atoms with Crippen LogP contribution in [-0.2, 0) is 14.3 Å². The number of carboxylic acids is 1. The van der Waals surface area contributed by atoms with Crippen LogP contribution in [0.2, 0.25) is 0 Å². The molecular weight excluding hydrogens is 252 g/mol. The van der Waals surface area contributed by atoms with Crippen molar-refractivity contribution in [1.29, 1.82) is 0 Å². The van der Waals surface area contributed by atoms with E-state index in [1.165, 1.54) is 0 Å². The lowest BCUT2D eigenvalue weighted by atomic mass is 10.0. The molecule has 110 valence electrons. The lowest BCUT2D eigenvalue weighted by Crippen LogP contribution is -2.44. The molecule has 1 saturated heterocycles. The maximum absolute atomic E-state index is 11.9. The predicted molar refractivity (Wildman–Crippen MR) is 68.0 cm³/mol. The Kier molecular flexibility index (Phi) is 6.58. The SMILES string of the molecule is COCCOCCNC(=O)N1CCC(C(=O)O)C1C. The van der Waals surface area contributed by atoms with Gasteiger partial charge in [-0.3, -0.25) is 4.79 Å². The predicted octanol–water partition coefficient (Wildman–Crippen LogP) is 0.154. The highest BCUT2D eigenvalue weighted by atomic mass is 16.5. The van der Waals surface area contributed by atoms with Gasteiger partial charge in [0.2, 0.25) is 0 Å². The summed E-state index contributed by atoms with van der Waals surface area (Å²) >= 11 is 0. The first kappa shape index (κ1) is 15.7. The topological polar surface area (TPSA) is 88.1 Å². The van der Waals surface area contributed by atoms with E-state index in [9.17, 15) is 9.59 Å². The zero-order chi connectivity index (χ0) is 14.3. The first-order valence-corrected chi connectivity index (χ1v) is 6.42. The van der Waals surface area contributed by atoms with Crippen molar-refractivity contribution >= 4 is 12.0 Å². The quantitative estimate of drug-likeness (QED) is 0.645. The number of methoxy groups -OCH3 is 1. The molecule has 2 unspecified atom stereocenters. The number of nitrogens with zero attached hydrogens (tertiary/aromatic N) is 1. The number of aliphatic carboxylic acids is 1. The largest absolute Gasteiger partial charge is 0.481 e. The number of ether oxygens (including phenoxy) is 2. The molecule has 0 aromatic carbocycles. The van der Waals surface area contributed by atoms with Crippen molar-refractivity contribution in [3.05, 3.63) is 0 Å². The number of carbonyl (C=O) groups is 2. The number of nitrogens with one attached hydrogen (secondary N) is 1.